The van der Waals surface area contributed by atoms with Crippen LogP contribution >= 0.6 is 0 Å². The van der Waals surface area contributed by atoms with Crippen molar-refractivity contribution in [3.05, 3.63) is 89.7 Å². The van der Waals surface area contributed by atoms with Crippen LogP contribution in [0.2, 0.25) is 0 Å². The molecule has 176 valence electrons. The van der Waals surface area contributed by atoms with Gasteiger partial charge in [-0.25, -0.2) is 4.98 Å². The number of hydrogen-bond donors (Lipinski definition) is 1. The third-order valence-corrected chi connectivity index (χ3v) is 5.73. The average molecular weight is 458 g/mol. The van der Waals surface area contributed by atoms with E-state index in [1.165, 1.54) is 0 Å². The van der Waals surface area contributed by atoms with E-state index in [-0.39, 0.29) is 5.91 Å². The maximum atomic E-state index is 12.5. The topological polar surface area (TPSA) is 65.4 Å². The number of imidazole rings is 1. The molecule has 0 fully saturated rings. The van der Waals surface area contributed by atoms with Crippen LogP contribution in [-0.2, 0) is 13.0 Å². The zero-order chi connectivity index (χ0) is 23.8. The van der Waals surface area contributed by atoms with Crippen LogP contribution in [-0.4, -0.2) is 35.7 Å². The van der Waals surface area contributed by atoms with Gasteiger partial charge >= 0.3 is 0 Å². The molecule has 4 rings (SSSR count). The lowest BCUT2D eigenvalue weighted by molar-refractivity contribution is 0.0954. The van der Waals surface area contributed by atoms with E-state index in [2.05, 4.69) is 16.0 Å². The van der Waals surface area contributed by atoms with Crippen LogP contribution in [0.3, 0.4) is 0 Å². The summed E-state index contributed by atoms with van der Waals surface area (Å²) in [4.78, 5) is 17.3. The lowest BCUT2D eigenvalue weighted by Gasteiger charge is -2.11. The van der Waals surface area contributed by atoms with Crippen molar-refractivity contribution in [3.8, 4) is 11.5 Å². The number of aryl methyl sites for hydroxylation is 2. The number of nitrogens with zero attached hydrogens (tertiary/aromatic N) is 2. The first kappa shape index (κ1) is 23.4. The van der Waals surface area contributed by atoms with Crippen molar-refractivity contribution >= 4 is 16.9 Å². The molecule has 34 heavy (non-hydrogen) atoms. The second kappa shape index (κ2) is 11.4. The molecule has 0 radical (unpaired) electrons. The van der Waals surface area contributed by atoms with Gasteiger partial charge in [-0.15, -0.1) is 0 Å². The average Bonchev–Trinajstić information content (AvgIpc) is 3.21. The molecule has 1 N–H and O–H groups in total. The van der Waals surface area contributed by atoms with Crippen molar-refractivity contribution in [2.45, 2.75) is 32.7 Å². The molecule has 0 aliphatic rings. The molecule has 0 unspecified atom stereocenters. The molecule has 0 saturated heterocycles. The highest BCUT2D eigenvalue weighted by molar-refractivity contribution is 5.94. The Bertz CT molecular complexity index is 1250. The van der Waals surface area contributed by atoms with Gasteiger partial charge in [0.15, 0.2) is 0 Å². The van der Waals surface area contributed by atoms with E-state index < -0.39 is 0 Å². The van der Waals surface area contributed by atoms with Crippen LogP contribution in [0.4, 0.5) is 0 Å². The molecule has 0 atom stereocenters. The van der Waals surface area contributed by atoms with Crippen LogP contribution in [0.25, 0.3) is 11.0 Å². The number of hydrogen-bond acceptors (Lipinski definition) is 4. The summed E-state index contributed by atoms with van der Waals surface area (Å²) >= 11 is 0. The van der Waals surface area contributed by atoms with Crippen LogP contribution in [0, 0.1) is 6.92 Å². The van der Waals surface area contributed by atoms with E-state index in [1.807, 2.05) is 73.7 Å². The highest BCUT2D eigenvalue weighted by atomic mass is 16.5. The predicted molar refractivity (Wildman–Crippen MR) is 135 cm³/mol. The van der Waals surface area contributed by atoms with Crippen molar-refractivity contribution in [3.63, 3.8) is 0 Å². The van der Waals surface area contributed by atoms with Crippen molar-refractivity contribution in [2.24, 2.45) is 0 Å². The van der Waals surface area contributed by atoms with Gasteiger partial charge in [0.1, 0.15) is 17.3 Å². The third-order valence-electron chi connectivity index (χ3n) is 5.73. The first-order valence-corrected chi connectivity index (χ1v) is 11.7. The molecule has 0 aliphatic heterocycles. The molecule has 0 saturated carbocycles. The van der Waals surface area contributed by atoms with Gasteiger partial charge in [0, 0.05) is 31.1 Å². The zero-order valence-corrected chi connectivity index (χ0v) is 19.8. The number of methoxy groups -OCH3 is 1. The van der Waals surface area contributed by atoms with E-state index in [9.17, 15) is 4.79 Å². The third kappa shape index (κ3) is 5.95. The normalized spacial score (nSPS) is 10.9. The number of fused-ring (bicyclic) bond motifs is 1. The lowest BCUT2D eigenvalue weighted by Crippen LogP contribution is -2.26. The van der Waals surface area contributed by atoms with Gasteiger partial charge in [-0.05, 0) is 56.2 Å². The SMILES string of the molecule is COc1cccc(OCCCCn2c(CCNC(=O)c3cccc(C)c3)nc3ccccc32)c1. The highest BCUT2D eigenvalue weighted by Crippen LogP contribution is 2.20. The van der Waals surface area contributed by atoms with Gasteiger partial charge in [-0.3, -0.25) is 4.79 Å². The first-order chi connectivity index (χ1) is 16.6. The summed E-state index contributed by atoms with van der Waals surface area (Å²) in [5, 5.41) is 3.03. The highest BCUT2D eigenvalue weighted by Gasteiger charge is 2.11. The monoisotopic (exact) mass is 457 g/mol. The molecule has 3 aromatic carbocycles. The minimum Gasteiger partial charge on any atom is -0.497 e. The molecule has 0 aliphatic carbocycles. The maximum absolute atomic E-state index is 12.5. The lowest BCUT2D eigenvalue weighted by atomic mass is 10.1. The summed E-state index contributed by atoms with van der Waals surface area (Å²) in [5.74, 6) is 2.54. The Hall–Kier alpha value is -3.80. The van der Waals surface area contributed by atoms with Crippen LogP contribution in [0.5, 0.6) is 11.5 Å². The smallest absolute Gasteiger partial charge is 0.251 e. The molecule has 0 bridgehead atoms. The van der Waals surface area contributed by atoms with Gasteiger partial charge in [-0.1, -0.05) is 35.9 Å². The van der Waals surface area contributed by atoms with Crippen LogP contribution < -0.4 is 14.8 Å². The second-order valence-electron chi connectivity index (χ2n) is 8.28. The quantitative estimate of drug-likeness (QED) is 0.315. The van der Waals surface area contributed by atoms with E-state index in [1.54, 1.807) is 7.11 Å². The minimum atomic E-state index is -0.0546. The number of para-hydroxylation sites is 2. The fourth-order valence-corrected chi connectivity index (χ4v) is 3.99. The summed E-state index contributed by atoms with van der Waals surface area (Å²) in [6.45, 7) is 4.01. The number of carbonyl (C=O) groups is 1. The maximum Gasteiger partial charge on any atom is 0.251 e. The van der Waals surface area contributed by atoms with Gasteiger partial charge in [-0.2, -0.15) is 0 Å². The number of rotatable bonds is 11. The number of aromatic nitrogens is 2. The Balaban J connectivity index is 1.33. The van der Waals surface area contributed by atoms with E-state index in [0.717, 1.165) is 53.3 Å². The molecule has 6 nitrogen and oxygen atoms in total. The number of benzene rings is 3. The fourth-order valence-electron chi connectivity index (χ4n) is 3.99. The summed E-state index contributed by atoms with van der Waals surface area (Å²) in [5.41, 5.74) is 3.86. The summed E-state index contributed by atoms with van der Waals surface area (Å²) in [6.07, 6.45) is 2.56. The van der Waals surface area contributed by atoms with E-state index in [4.69, 9.17) is 14.5 Å². The molecule has 4 aromatic rings. The number of nitrogens with one attached hydrogen (secondary N) is 1. The molecule has 0 spiro atoms. The van der Waals surface area contributed by atoms with Crippen molar-refractivity contribution < 1.29 is 14.3 Å². The first-order valence-electron chi connectivity index (χ1n) is 11.7. The van der Waals surface area contributed by atoms with Gasteiger partial charge in [0.05, 0.1) is 24.8 Å². The van der Waals surface area contributed by atoms with E-state index in [0.29, 0.717) is 25.1 Å². The summed E-state index contributed by atoms with van der Waals surface area (Å²) < 4.78 is 13.4. The zero-order valence-electron chi connectivity index (χ0n) is 19.8. The molecule has 1 aromatic heterocycles. The van der Waals surface area contributed by atoms with Crippen LogP contribution in [0.1, 0.15) is 34.6 Å². The molecule has 1 heterocycles. The molecule has 6 heteroatoms. The van der Waals surface area contributed by atoms with Crippen molar-refractivity contribution in [2.75, 3.05) is 20.3 Å². The number of unbranched alkanes of at least 4 members (excludes halogenated alkanes) is 1. The Morgan fingerprint density at radius 3 is 2.65 bits per heavy atom. The fraction of sp³-hybridized carbons (Fsp3) is 0.286. The number of amides is 1. The second-order valence-corrected chi connectivity index (χ2v) is 8.28. The number of carbonyl (C=O) groups excluding carboxylic acids is 1. The van der Waals surface area contributed by atoms with Crippen LogP contribution in [0.15, 0.2) is 72.8 Å². The number of ether oxygens (including phenoxy) is 2. The molecule has 1 amide bonds. The Morgan fingerprint density at radius 1 is 0.971 bits per heavy atom. The largest absolute Gasteiger partial charge is 0.497 e. The Morgan fingerprint density at radius 2 is 1.79 bits per heavy atom. The molecular weight excluding hydrogens is 426 g/mol. The van der Waals surface area contributed by atoms with Gasteiger partial charge < -0.3 is 19.4 Å². The minimum absolute atomic E-state index is 0.0546. The van der Waals surface area contributed by atoms with Gasteiger partial charge in [0.2, 0.25) is 0 Å². The van der Waals surface area contributed by atoms with Crippen molar-refractivity contribution in [1.82, 2.24) is 14.9 Å². The van der Waals surface area contributed by atoms with Gasteiger partial charge in [0.25, 0.3) is 5.91 Å². The predicted octanol–water partition coefficient (Wildman–Crippen LogP) is 5.19. The Kier molecular flexibility index (Phi) is 7.81. The standard InChI is InChI=1S/C28H31N3O3/c1-21-9-7-10-22(19-21)28(32)29-16-15-27-30-25-13-3-4-14-26(25)31(27)17-5-6-18-34-24-12-8-11-23(20-24)33-2/h3-4,7-14,19-20H,5-6,15-18H2,1-2H3,(H,29,32). The summed E-state index contributed by atoms with van der Waals surface area (Å²) in [7, 11) is 1.65. The summed E-state index contributed by atoms with van der Waals surface area (Å²) in [6, 6.07) is 23.5. The van der Waals surface area contributed by atoms with E-state index >= 15 is 0 Å². The molecular formula is C28H31N3O3. The van der Waals surface area contributed by atoms with Crippen molar-refractivity contribution in [1.29, 1.82) is 0 Å². The Labute approximate surface area is 200 Å².